The van der Waals surface area contributed by atoms with Gasteiger partial charge in [0.15, 0.2) is 23.1 Å². The summed E-state index contributed by atoms with van der Waals surface area (Å²) in [4.78, 5) is 27.0. The monoisotopic (exact) mass is 495 g/mol. The molecule has 1 aliphatic carbocycles. The highest BCUT2D eigenvalue weighted by Crippen LogP contribution is 2.58. The Balaban J connectivity index is 1.71. The van der Waals surface area contributed by atoms with E-state index >= 15 is 4.39 Å². The van der Waals surface area contributed by atoms with Crippen LogP contribution in [0.25, 0.3) is 0 Å². The number of carbonyl (C=O) groups is 2. The van der Waals surface area contributed by atoms with Crippen LogP contribution in [0.1, 0.15) is 81.4 Å². The number of anilines is 1. The van der Waals surface area contributed by atoms with Crippen LogP contribution in [0.4, 0.5) is 10.1 Å². The van der Waals surface area contributed by atoms with E-state index in [2.05, 4.69) is 5.32 Å². The van der Waals surface area contributed by atoms with Crippen molar-refractivity contribution < 1.29 is 23.5 Å². The van der Waals surface area contributed by atoms with Gasteiger partial charge in [0.1, 0.15) is 5.84 Å². The second kappa shape index (κ2) is 9.22. The van der Waals surface area contributed by atoms with Crippen molar-refractivity contribution in [2.24, 2.45) is 0 Å². The molecule has 1 amide bonds. The van der Waals surface area contributed by atoms with Crippen LogP contribution in [0.5, 0.6) is 11.5 Å². The standard InChI is InChI=1S/C28H34FN3O4/c1-7-35-22-14-20-23(24(29)25(22)36-8-2)26(30)32(28(20)9-10-28)15-21(34)17-11-18(27(4,5)6)13-19(12-17)31-16(3)33/h11-14,30H,7-10,15H2,1-6H3,(H,31,33). The van der Waals surface area contributed by atoms with Gasteiger partial charge in [0.05, 0.1) is 30.9 Å². The topological polar surface area (TPSA) is 91.7 Å². The molecule has 1 fully saturated rings. The van der Waals surface area contributed by atoms with Gasteiger partial charge in [-0.3, -0.25) is 15.0 Å². The van der Waals surface area contributed by atoms with Crippen molar-refractivity contribution >= 4 is 23.2 Å². The maximum atomic E-state index is 15.7. The van der Waals surface area contributed by atoms with Crippen LogP contribution in [0, 0.1) is 11.2 Å². The van der Waals surface area contributed by atoms with E-state index in [1.165, 1.54) is 6.92 Å². The molecule has 0 radical (unpaired) electrons. The van der Waals surface area contributed by atoms with Crippen molar-refractivity contribution in [3.8, 4) is 11.5 Å². The van der Waals surface area contributed by atoms with Gasteiger partial charge < -0.3 is 19.7 Å². The van der Waals surface area contributed by atoms with Crippen LogP contribution in [0.15, 0.2) is 24.3 Å². The van der Waals surface area contributed by atoms with E-state index in [1.54, 1.807) is 24.0 Å². The van der Waals surface area contributed by atoms with Crippen molar-refractivity contribution in [1.82, 2.24) is 4.90 Å². The molecule has 0 atom stereocenters. The number of amidine groups is 1. The van der Waals surface area contributed by atoms with Gasteiger partial charge in [0.25, 0.3) is 0 Å². The fourth-order valence-electron chi connectivity index (χ4n) is 4.86. The zero-order valence-electron chi connectivity index (χ0n) is 21.8. The lowest BCUT2D eigenvalue weighted by Crippen LogP contribution is -2.38. The SMILES string of the molecule is CCOc1cc2c(c(F)c1OCC)C(=N)N(CC(=O)c1cc(NC(C)=O)cc(C(C)(C)C)c1)C21CC1. The smallest absolute Gasteiger partial charge is 0.221 e. The second-order valence-electron chi connectivity index (χ2n) is 10.4. The molecule has 1 aliphatic heterocycles. The predicted molar refractivity (Wildman–Crippen MR) is 137 cm³/mol. The highest BCUT2D eigenvalue weighted by Gasteiger charge is 2.58. The molecule has 2 aliphatic rings. The molecule has 2 N–H and O–H groups in total. The number of hydrogen-bond donors (Lipinski definition) is 2. The third kappa shape index (κ3) is 4.45. The number of nitrogens with one attached hydrogen (secondary N) is 2. The molecule has 0 aromatic heterocycles. The summed E-state index contributed by atoms with van der Waals surface area (Å²) in [6.45, 7) is 11.7. The van der Waals surface area contributed by atoms with Crippen LogP contribution in [0.3, 0.4) is 0 Å². The number of Topliss-reactive ketones (excluding diaryl/α,β-unsaturated/α-hetero) is 1. The molecule has 1 heterocycles. The van der Waals surface area contributed by atoms with E-state index < -0.39 is 11.4 Å². The fourth-order valence-corrected chi connectivity index (χ4v) is 4.86. The Morgan fingerprint density at radius 2 is 1.78 bits per heavy atom. The Morgan fingerprint density at radius 1 is 1.11 bits per heavy atom. The van der Waals surface area contributed by atoms with Crippen LogP contribution >= 0.6 is 0 Å². The van der Waals surface area contributed by atoms with Gasteiger partial charge in [-0.25, -0.2) is 4.39 Å². The largest absolute Gasteiger partial charge is 0.490 e. The molecule has 1 saturated carbocycles. The number of benzene rings is 2. The molecule has 4 rings (SSSR count). The van der Waals surface area contributed by atoms with E-state index in [-0.39, 0.29) is 47.4 Å². The molecule has 7 nitrogen and oxygen atoms in total. The van der Waals surface area contributed by atoms with Gasteiger partial charge in [-0.1, -0.05) is 20.8 Å². The van der Waals surface area contributed by atoms with Gasteiger partial charge in [0, 0.05) is 18.2 Å². The maximum absolute atomic E-state index is 15.7. The fraction of sp³-hybridized carbons (Fsp3) is 0.464. The summed E-state index contributed by atoms with van der Waals surface area (Å²) in [6.07, 6.45) is 1.43. The highest BCUT2D eigenvalue weighted by molar-refractivity contribution is 6.08. The number of amides is 1. The Morgan fingerprint density at radius 3 is 2.33 bits per heavy atom. The number of fused-ring (bicyclic) bond motifs is 2. The van der Waals surface area contributed by atoms with E-state index in [1.807, 2.05) is 39.8 Å². The van der Waals surface area contributed by atoms with Crippen LogP contribution < -0.4 is 14.8 Å². The van der Waals surface area contributed by atoms with Crippen molar-refractivity contribution in [3.05, 3.63) is 52.3 Å². The second-order valence-corrected chi connectivity index (χ2v) is 10.4. The van der Waals surface area contributed by atoms with Crippen molar-refractivity contribution in [2.45, 2.75) is 65.3 Å². The molecule has 36 heavy (non-hydrogen) atoms. The van der Waals surface area contributed by atoms with Crippen LogP contribution in [0.2, 0.25) is 0 Å². The van der Waals surface area contributed by atoms with Crippen molar-refractivity contribution in [1.29, 1.82) is 5.41 Å². The number of ketones is 1. The average molecular weight is 496 g/mol. The lowest BCUT2D eigenvalue weighted by molar-refractivity contribution is -0.114. The first kappa shape index (κ1) is 25.7. The zero-order chi connectivity index (χ0) is 26.4. The molecule has 1 spiro atoms. The summed E-state index contributed by atoms with van der Waals surface area (Å²) in [6, 6.07) is 7.13. The summed E-state index contributed by atoms with van der Waals surface area (Å²) < 4.78 is 26.9. The Hall–Kier alpha value is -3.42. The molecule has 2 aromatic rings. The first-order valence-electron chi connectivity index (χ1n) is 12.4. The molecular formula is C28H34FN3O4. The van der Waals surface area contributed by atoms with Crippen molar-refractivity contribution in [2.75, 3.05) is 25.1 Å². The van der Waals surface area contributed by atoms with Gasteiger partial charge >= 0.3 is 0 Å². The Labute approximate surface area is 211 Å². The molecular weight excluding hydrogens is 461 g/mol. The summed E-state index contributed by atoms with van der Waals surface area (Å²) in [5, 5.41) is 11.6. The number of hydrogen-bond acceptors (Lipinski definition) is 5. The number of rotatable bonds is 8. The highest BCUT2D eigenvalue weighted by atomic mass is 19.1. The lowest BCUT2D eigenvalue weighted by atomic mass is 9.85. The van der Waals surface area contributed by atoms with Gasteiger partial charge in [-0.05, 0) is 67.5 Å². The molecule has 8 heteroatoms. The van der Waals surface area contributed by atoms with E-state index in [0.717, 1.165) is 5.56 Å². The minimum atomic E-state index is -0.619. The third-order valence-corrected chi connectivity index (χ3v) is 6.77. The van der Waals surface area contributed by atoms with Gasteiger partial charge in [-0.15, -0.1) is 0 Å². The van der Waals surface area contributed by atoms with Crippen LogP contribution in [-0.2, 0) is 15.7 Å². The van der Waals surface area contributed by atoms with E-state index in [4.69, 9.17) is 14.9 Å². The number of ether oxygens (including phenoxy) is 2. The number of carbonyl (C=O) groups excluding carboxylic acids is 2. The summed E-state index contributed by atoms with van der Waals surface area (Å²) >= 11 is 0. The summed E-state index contributed by atoms with van der Waals surface area (Å²) in [7, 11) is 0. The molecule has 0 unspecified atom stereocenters. The minimum absolute atomic E-state index is 0.00431. The Kier molecular flexibility index (Phi) is 6.58. The van der Waals surface area contributed by atoms with Gasteiger partial charge in [0.2, 0.25) is 5.91 Å². The molecule has 0 bridgehead atoms. The first-order chi connectivity index (χ1) is 16.9. The average Bonchev–Trinajstić information content (AvgIpc) is 3.55. The maximum Gasteiger partial charge on any atom is 0.221 e. The van der Waals surface area contributed by atoms with Gasteiger partial charge in [-0.2, -0.15) is 0 Å². The third-order valence-electron chi connectivity index (χ3n) is 6.77. The zero-order valence-corrected chi connectivity index (χ0v) is 21.8. The van der Waals surface area contributed by atoms with Crippen molar-refractivity contribution in [3.63, 3.8) is 0 Å². The first-order valence-corrected chi connectivity index (χ1v) is 12.4. The summed E-state index contributed by atoms with van der Waals surface area (Å²) in [5.74, 6) is -0.741. The van der Waals surface area contributed by atoms with E-state index in [0.29, 0.717) is 42.0 Å². The van der Waals surface area contributed by atoms with Crippen LogP contribution in [-0.4, -0.2) is 42.2 Å². The van der Waals surface area contributed by atoms with E-state index in [9.17, 15) is 9.59 Å². The number of nitrogens with zero attached hydrogens (tertiary/aromatic N) is 1. The molecule has 192 valence electrons. The summed E-state index contributed by atoms with van der Waals surface area (Å²) in [5.41, 5.74) is 1.91. The quantitative estimate of drug-likeness (QED) is 0.479. The molecule has 2 aromatic carbocycles. The normalized spacial score (nSPS) is 15.6. The Bertz CT molecular complexity index is 1240. The molecule has 0 saturated heterocycles. The minimum Gasteiger partial charge on any atom is -0.490 e. The lowest BCUT2D eigenvalue weighted by Gasteiger charge is -2.27. The number of halogens is 1. The predicted octanol–water partition coefficient (Wildman–Crippen LogP) is 5.39.